The molecule has 1 atom stereocenters. The van der Waals surface area contributed by atoms with E-state index in [1.807, 2.05) is 0 Å². The Balaban J connectivity index is 1.87. The quantitative estimate of drug-likeness (QED) is 0.783. The van der Waals surface area contributed by atoms with Crippen molar-refractivity contribution in [3.8, 4) is 0 Å². The highest BCUT2D eigenvalue weighted by atomic mass is 35.5. The fourth-order valence-corrected chi connectivity index (χ4v) is 2.90. The lowest BCUT2D eigenvalue weighted by atomic mass is 10.2. The fraction of sp³-hybridized carbons (Fsp3) is 0.533. The van der Waals surface area contributed by atoms with E-state index in [-0.39, 0.29) is 5.91 Å². The van der Waals surface area contributed by atoms with E-state index in [1.165, 1.54) is 12.8 Å². The van der Waals surface area contributed by atoms with E-state index < -0.39 is 0 Å². The summed E-state index contributed by atoms with van der Waals surface area (Å²) >= 11 is 11.9. The van der Waals surface area contributed by atoms with Gasteiger partial charge in [0.1, 0.15) is 0 Å². The number of halogens is 2. The molecule has 0 aliphatic heterocycles. The lowest BCUT2D eigenvalue weighted by Gasteiger charge is -2.24. The maximum atomic E-state index is 12.0. The number of rotatable bonds is 6. The third-order valence-corrected chi connectivity index (χ3v) is 4.56. The Morgan fingerprint density at radius 1 is 1.48 bits per heavy atom. The Labute approximate surface area is 135 Å². The molecule has 1 aromatic carbocycles. The zero-order valence-electron chi connectivity index (χ0n) is 12.3. The molecule has 1 fully saturated rings. The minimum atomic E-state index is -0.0965. The molecule has 0 saturated heterocycles. The maximum Gasteiger partial charge on any atom is 0.225 e. The highest BCUT2D eigenvalue weighted by molar-refractivity contribution is 6.37. The Morgan fingerprint density at radius 3 is 2.71 bits per heavy atom. The molecule has 2 rings (SSSR count). The topological polar surface area (TPSA) is 58.4 Å². The molecular formula is C15H21Cl2N3O. The van der Waals surface area contributed by atoms with Crippen LogP contribution >= 0.6 is 23.2 Å². The van der Waals surface area contributed by atoms with Gasteiger partial charge >= 0.3 is 0 Å². The molecule has 1 aliphatic carbocycles. The van der Waals surface area contributed by atoms with Crippen LogP contribution in [-0.2, 0) is 4.79 Å². The number of anilines is 2. The van der Waals surface area contributed by atoms with E-state index in [0.29, 0.717) is 40.4 Å². The van der Waals surface area contributed by atoms with Crippen LogP contribution in [0.2, 0.25) is 10.0 Å². The lowest BCUT2D eigenvalue weighted by Crippen LogP contribution is -2.33. The molecule has 0 aromatic heterocycles. The number of hydrogen-bond donors (Lipinski definition) is 2. The summed E-state index contributed by atoms with van der Waals surface area (Å²) in [7, 11) is 2.06. The minimum Gasteiger partial charge on any atom is -0.397 e. The van der Waals surface area contributed by atoms with Crippen molar-refractivity contribution in [2.24, 2.45) is 5.92 Å². The van der Waals surface area contributed by atoms with Crippen LogP contribution in [0.4, 0.5) is 11.4 Å². The molecule has 1 amide bonds. The molecule has 1 aliphatic rings. The SMILES string of the molecule is CC(C1CC1)N(C)CCC(=O)Nc1c(N)cc(Cl)cc1Cl. The molecule has 1 aromatic rings. The number of benzene rings is 1. The van der Waals surface area contributed by atoms with E-state index >= 15 is 0 Å². The van der Waals surface area contributed by atoms with Gasteiger partial charge in [-0.05, 0) is 44.9 Å². The van der Waals surface area contributed by atoms with Crippen molar-refractivity contribution in [2.75, 3.05) is 24.6 Å². The number of amides is 1. The van der Waals surface area contributed by atoms with Crippen LogP contribution in [0.5, 0.6) is 0 Å². The third kappa shape index (κ3) is 4.50. The first-order chi connectivity index (χ1) is 9.88. The molecule has 0 bridgehead atoms. The van der Waals surface area contributed by atoms with Crippen molar-refractivity contribution in [1.82, 2.24) is 4.90 Å². The van der Waals surface area contributed by atoms with Crippen LogP contribution in [0.1, 0.15) is 26.2 Å². The standard InChI is InChI=1S/C15H21Cl2N3O/c1-9(10-3-4-10)20(2)6-5-14(21)19-15-12(17)7-11(16)8-13(15)18/h7-10H,3-6,18H2,1-2H3,(H,19,21). The van der Waals surface area contributed by atoms with Gasteiger partial charge in [-0.15, -0.1) is 0 Å². The van der Waals surface area contributed by atoms with Gasteiger partial charge in [0.05, 0.1) is 16.4 Å². The number of nitrogens with two attached hydrogens (primary N) is 1. The van der Waals surface area contributed by atoms with E-state index in [2.05, 4.69) is 24.2 Å². The van der Waals surface area contributed by atoms with Crippen molar-refractivity contribution in [2.45, 2.75) is 32.2 Å². The second-order valence-electron chi connectivity index (χ2n) is 5.71. The van der Waals surface area contributed by atoms with E-state index in [9.17, 15) is 4.79 Å². The normalized spacial score (nSPS) is 16.0. The summed E-state index contributed by atoms with van der Waals surface area (Å²) in [6.45, 7) is 2.93. The highest BCUT2D eigenvalue weighted by Gasteiger charge is 2.30. The van der Waals surface area contributed by atoms with E-state index in [1.54, 1.807) is 12.1 Å². The van der Waals surface area contributed by atoms with E-state index in [0.717, 1.165) is 5.92 Å². The maximum absolute atomic E-state index is 12.0. The van der Waals surface area contributed by atoms with Gasteiger partial charge in [0.2, 0.25) is 5.91 Å². The van der Waals surface area contributed by atoms with Crippen LogP contribution < -0.4 is 11.1 Å². The van der Waals surface area contributed by atoms with Gasteiger partial charge in [0.15, 0.2) is 0 Å². The first-order valence-electron chi connectivity index (χ1n) is 7.13. The van der Waals surface area contributed by atoms with Crippen LogP contribution in [0.15, 0.2) is 12.1 Å². The molecule has 1 saturated carbocycles. The Kier molecular flexibility index (Phi) is 5.36. The molecular weight excluding hydrogens is 309 g/mol. The van der Waals surface area contributed by atoms with Crippen LogP contribution in [0, 0.1) is 5.92 Å². The molecule has 6 heteroatoms. The predicted molar refractivity (Wildman–Crippen MR) is 88.9 cm³/mol. The molecule has 0 spiro atoms. The van der Waals surface area contributed by atoms with Gasteiger partial charge in [-0.25, -0.2) is 0 Å². The summed E-state index contributed by atoms with van der Waals surface area (Å²) in [6, 6.07) is 3.67. The van der Waals surface area contributed by atoms with Crippen molar-refractivity contribution < 1.29 is 4.79 Å². The van der Waals surface area contributed by atoms with Crippen LogP contribution in [0.25, 0.3) is 0 Å². The Hall–Kier alpha value is -0.970. The average Bonchev–Trinajstić information content (AvgIpc) is 3.23. The number of nitrogen functional groups attached to an aromatic ring is 1. The van der Waals surface area contributed by atoms with E-state index in [4.69, 9.17) is 28.9 Å². The van der Waals surface area contributed by atoms with Gasteiger partial charge in [-0.1, -0.05) is 23.2 Å². The highest BCUT2D eigenvalue weighted by Crippen LogP contribution is 2.35. The molecule has 3 N–H and O–H groups in total. The fourth-order valence-electron chi connectivity index (χ4n) is 2.35. The summed E-state index contributed by atoms with van der Waals surface area (Å²) in [5.74, 6) is 0.695. The number of nitrogens with zero attached hydrogens (tertiary/aromatic N) is 1. The van der Waals surface area contributed by atoms with Crippen molar-refractivity contribution in [3.05, 3.63) is 22.2 Å². The second kappa shape index (κ2) is 6.86. The van der Waals surface area contributed by atoms with Gasteiger partial charge < -0.3 is 16.0 Å². The predicted octanol–water partition coefficient (Wildman–Crippen LogP) is 3.63. The molecule has 116 valence electrons. The second-order valence-corrected chi connectivity index (χ2v) is 6.55. The zero-order valence-corrected chi connectivity index (χ0v) is 13.8. The van der Waals surface area contributed by atoms with Crippen LogP contribution in [0.3, 0.4) is 0 Å². The summed E-state index contributed by atoms with van der Waals surface area (Å²) < 4.78 is 0. The Morgan fingerprint density at radius 2 is 2.14 bits per heavy atom. The first kappa shape index (κ1) is 16.4. The zero-order chi connectivity index (χ0) is 15.6. The van der Waals surface area contributed by atoms with Gasteiger partial charge in [0, 0.05) is 24.0 Å². The third-order valence-electron chi connectivity index (χ3n) is 4.04. The molecule has 0 heterocycles. The summed E-state index contributed by atoms with van der Waals surface area (Å²) in [6.07, 6.45) is 3.01. The number of nitrogens with one attached hydrogen (secondary N) is 1. The average molecular weight is 330 g/mol. The lowest BCUT2D eigenvalue weighted by molar-refractivity contribution is -0.116. The molecule has 1 unspecified atom stereocenters. The Bertz CT molecular complexity index is 509. The van der Waals surface area contributed by atoms with Crippen molar-refractivity contribution in [1.29, 1.82) is 0 Å². The smallest absolute Gasteiger partial charge is 0.225 e. The number of hydrogen-bond acceptors (Lipinski definition) is 3. The van der Waals surface area contributed by atoms with Crippen molar-refractivity contribution >= 4 is 40.5 Å². The molecule has 4 nitrogen and oxygen atoms in total. The minimum absolute atomic E-state index is 0.0965. The molecule has 0 radical (unpaired) electrons. The summed E-state index contributed by atoms with van der Waals surface area (Å²) in [4.78, 5) is 14.3. The monoisotopic (exact) mass is 329 g/mol. The number of carbonyl (C=O) groups excluding carboxylic acids is 1. The summed E-state index contributed by atoms with van der Waals surface area (Å²) in [5, 5.41) is 3.57. The first-order valence-corrected chi connectivity index (χ1v) is 7.88. The van der Waals surface area contributed by atoms with Gasteiger partial charge in [-0.2, -0.15) is 0 Å². The van der Waals surface area contributed by atoms with Gasteiger partial charge in [0.25, 0.3) is 0 Å². The summed E-state index contributed by atoms with van der Waals surface area (Å²) in [5.41, 5.74) is 6.64. The van der Waals surface area contributed by atoms with Crippen LogP contribution in [-0.4, -0.2) is 30.4 Å². The number of carbonyl (C=O) groups is 1. The van der Waals surface area contributed by atoms with Gasteiger partial charge in [-0.3, -0.25) is 4.79 Å². The largest absolute Gasteiger partial charge is 0.397 e. The molecule has 21 heavy (non-hydrogen) atoms. The van der Waals surface area contributed by atoms with Crippen molar-refractivity contribution in [3.63, 3.8) is 0 Å².